The van der Waals surface area contributed by atoms with Crippen LogP contribution in [0.25, 0.3) is 0 Å². The van der Waals surface area contributed by atoms with Gasteiger partial charge in [-0.2, -0.15) is 4.37 Å². The van der Waals surface area contributed by atoms with E-state index in [0.29, 0.717) is 5.56 Å². The summed E-state index contributed by atoms with van der Waals surface area (Å²) in [6.07, 6.45) is 2.55. The quantitative estimate of drug-likeness (QED) is 0.806. The SMILES string of the molecule is CCN(CC1CC1)c1snc(N)c1C(N)=O. The highest BCUT2D eigenvalue weighted by atomic mass is 32.1. The van der Waals surface area contributed by atoms with E-state index in [1.165, 1.54) is 24.4 Å². The summed E-state index contributed by atoms with van der Waals surface area (Å²) in [5.41, 5.74) is 11.4. The molecule has 1 amide bonds. The van der Waals surface area contributed by atoms with Crippen LogP contribution in [-0.4, -0.2) is 23.4 Å². The van der Waals surface area contributed by atoms with E-state index in [9.17, 15) is 4.79 Å². The molecule has 88 valence electrons. The van der Waals surface area contributed by atoms with Crippen molar-refractivity contribution >= 4 is 28.3 Å². The third kappa shape index (κ3) is 2.11. The molecule has 0 bridgehead atoms. The Kier molecular flexibility index (Phi) is 3.00. The van der Waals surface area contributed by atoms with Crippen LogP contribution in [-0.2, 0) is 0 Å². The van der Waals surface area contributed by atoms with Gasteiger partial charge < -0.3 is 16.4 Å². The van der Waals surface area contributed by atoms with Crippen molar-refractivity contribution in [2.24, 2.45) is 11.7 Å². The first-order chi connectivity index (χ1) is 7.63. The fourth-order valence-electron chi connectivity index (χ4n) is 1.71. The first-order valence-corrected chi connectivity index (χ1v) is 6.20. The van der Waals surface area contributed by atoms with Crippen molar-refractivity contribution in [1.82, 2.24) is 4.37 Å². The predicted molar refractivity (Wildman–Crippen MR) is 65.7 cm³/mol. The van der Waals surface area contributed by atoms with Gasteiger partial charge in [0.2, 0.25) is 0 Å². The van der Waals surface area contributed by atoms with E-state index in [0.717, 1.165) is 24.0 Å². The number of primary amides is 1. The summed E-state index contributed by atoms with van der Waals surface area (Å²) in [6, 6.07) is 0. The molecule has 6 heteroatoms. The van der Waals surface area contributed by atoms with E-state index in [1.807, 2.05) is 0 Å². The van der Waals surface area contributed by atoms with Crippen LogP contribution in [0.15, 0.2) is 0 Å². The monoisotopic (exact) mass is 240 g/mol. The zero-order valence-corrected chi connectivity index (χ0v) is 10.1. The van der Waals surface area contributed by atoms with Gasteiger partial charge in [-0.15, -0.1) is 0 Å². The second-order valence-corrected chi connectivity index (χ2v) is 4.85. The van der Waals surface area contributed by atoms with Crippen molar-refractivity contribution in [2.75, 3.05) is 23.7 Å². The summed E-state index contributed by atoms with van der Waals surface area (Å²) in [5.74, 6) is 0.515. The fraction of sp³-hybridized carbons (Fsp3) is 0.600. The Morgan fingerprint density at radius 1 is 1.62 bits per heavy atom. The minimum atomic E-state index is -0.490. The van der Waals surface area contributed by atoms with E-state index in [-0.39, 0.29) is 5.82 Å². The summed E-state index contributed by atoms with van der Waals surface area (Å²) in [7, 11) is 0. The molecule has 1 fully saturated rings. The van der Waals surface area contributed by atoms with Gasteiger partial charge in [-0.05, 0) is 37.2 Å². The van der Waals surface area contributed by atoms with Crippen LogP contribution >= 0.6 is 11.5 Å². The largest absolute Gasteiger partial charge is 0.382 e. The minimum Gasteiger partial charge on any atom is -0.382 e. The fourth-order valence-corrected chi connectivity index (χ4v) is 2.60. The van der Waals surface area contributed by atoms with Crippen LogP contribution in [0.4, 0.5) is 10.8 Å². The summed E-state index contributed by atoms with van der Waals surface area (Å²) in [4.78, 5) is 13.5. The number of amides is 1. The molecule has 0 atom stereocenters. The highest BCUT2D eigenvalue weighted by Crippen LogP contribution is 2.35. The average Bonchev–Trinajstić information content (AvgIpc) is 2.97. The summed E-state index contributed by atoms with van der Waals surface area (Å²) >= 11 is 1.26. The third-order valence-corrected chi connectivity index (χ3v) is 3.71. The van der Waals surface area contributed by atoms with Crippen molar-refractivity contribution in [1.29, 1.82) is 0 Å². The van der Waals surface area contributed by atoms with Crippen LogP contribution in [0.3, 0.4) is 0 Å². The number of nitrogens with two attached hydrogens (primary N) is 2. The van der Waals surface area contributed by atoms with Gasteiger partial charge in [-0.3, -0.25) is 4.79 Å². The molecule has 0 spiro atoms. The summed E-state index contributed by atoms with van der Waals surface area (Å²) in [5, 5.41) is 0.819. The Balaban J connectivity index is 2.25. The van der Waals surface area contributed by atoms with Crippen molar-refractivity contribution in [3.8, 4) is 0 Å². The number of nitrogens with zero attached hydrogens (tertiary/aromatic N) is 2. The van der Waals surface area contributed by atoms with Gasteiger partial charge in [0.05, 0.1) is 0 Å². The minimum absolute atomic E-state index is 0.252. The molecule has 0 radical (unpaired) electrons. The van der Waals surface area contributed by atoms with Gasteiger partial charge in [0, 0.05) is 13.1 Å². The number of carbonyl (C=O) groups excluding carboxylic acids is 1. The molecule has 1 aromatic heterocycles. The van der Waals surface area contributed by atoms with Gasteiger partial charge in [0.25, 0.3) is 5.91 Å². The molecule has 0 aromatic carbocycles. The molecule has 1 aliphatic carbocycles. The molecule has 4 N–H and O–H groups in total. The molecule has 1 aromatic rings. The lowest BCUT2D eigenvalue weighted by Crippen LogP contribution is -2.27. The van der Waals surface area contributed by atoms with Crippen molar-refractivity contribution in [3.63, 3.8) is 0 Å². The maximum Gasteiger partial charge on any atom is 0.255 e. The van der Waals surface area contributed by atoms with Crippen LogP contribution in [0, 0.1) is 5.92 Å². The van der Waals surface area contributed by atoms with E-state index < -0.39 is 5.91 Å². The number of hydrogen-bond acceptors (Lipinski definition) is 5. The number of aromatic nitrogens is 1. The molecular formula is C10H16N4OS. The van der Waals surface area contributed by atoms with E-state index >= 15 is 0 Å². The maximum atomic E-state index is 11.3. The van der Waals surface area contributed by atoms with Crippen LogP contribution in [0.2, 0.25) is 0 Å². The van der Waals surface area contributed by atoms with Gasteiger partial charge in [0.15, 0.2) is 5.82 Å². The highest BCUT2D eigenvalue weighted by Gasteiger charge is 2.27. The Bertz CT molecular complexity index is 400. The van der Waals surface area contributed by atoms with Crippen LogP contribution in [0.1, 0.15) is 30.1 Å². The lowest BCUT2D eigenvalue weighted by Gasteiger charge is -2.21. The van der Waals surface area contributed by atoms with Crippen molar-refractivity contribution in [2.45, 2.75) is 19.8 Å². The Morgan fingerprint density at radius 3 is 2.81 bits per heavy atom. The molecule has 1 heterocycles. The Labute approximate surface area is 98.6 Å². The van der Waals surface area contributed by atoms with Gasteiger partial charge >= 0.3 is 0 Å². The van der Waals surface area contributed by atoms with Gasteiger partial charge in [0.1, 0.15) is 10.6 Å². The lowest BCUT2D eigenvalue weighted by molar-refractivity contribution is 0.100. The number of carbonyl (C=O) groups is 1. The predicted octanol–water partition coefficient (Wildman–Crippen LogP) is 1.06. The van der Waals surface area contributed by atoms with E-state index in [1.54, 1.807) is 0 Å². The molecule has 0 aliphatic heterocycles. The van der Waals surface area contributed by atoms with E-state index in [4.69, 9.17) is 11.5 Å². The van der Waals surface area contributed by atoms with Crippen molar-refractivity contribution < 1.29 is 4.79 Å². The first-order valence-electron chi connectivity index (χ1n) is 5.43. The number of rotatable bonds is 5. The Morgan fingerprint density at radius 2 is 2.31 bits per heavy atom. The summed E-state index contributed by atoms with van der Waals surface area (Å²) < 4.78 is 4.01. The van der Waals surface area contributed by atoms with Gasteiger partial charge in [-0.25, -0.2) is 0 Å². The molecule has 1 aliphatic rings. The molecule has 2 rings (SSSR count). The first kappa shape index (κ1) is 11.2. The Hall–Kier alpha value is -1.30. The number of nitrogen functional groups attached to an aromatic ring is 1. The molecule has 1 saturated carbocycles. The maximum absolute atomic E-state index is 11.3. The lowest BCUT2D eigenvalue weighted by atomic mass is 10.2. The zero-order valence-electron chi connectivity index (χ0n) is 9.27. The standard InChI is InChI=1S/C10H16N4OS/c1-2-14(5-6-3-4-6)10-7(9(12)15)8(11)13-16-10/h6H,2-5H2,1H3,(H2,11,13)(H2,12,15). The molecule has 0 unspecified atom stereocenters. The molecule has 5 nitrogen and oxygen atoms in total. The molecule has 0 saturated heterocycles. The van der Waals surface area contributed by atoms with Gasteiger partial charge in [-0.1, -0.05) is 0 Å². The smallest absolute Gasteiger partial charge is 0.255 e. The normalized spacial score (nSPS) is 15.1. The zero-order chi connectivity index (χ0) is 11.7. The van der Waals surface area contributed by atoms with Crippen molar-refractivity contribution in [3.05, 3.63) is 5.56 Å². The summed E-state index contributed by atoms with van der Waals surface area (Å²) in [6.45, 7) is 3.87. The molecule has 16 heavy (non-hydrogen) atoms. The second-order valence-electron chi connectivity index (χ2n) is 4.09. The number of anilines is 2. The highest BCUT2D eigenvalue weighted by molar-refractivity contribution is 7.11. The second kappa shape index (κ2) is 4.29. The average molecular weight is 240 g/mol. The van der Waals surface area contributed by atoms with Crippen LogP contribution in [0.5, 0.6) is 0 Å². The molecular weight excluding hydrogens is 224 g/mol. The van der Waals surface area contributed by atoms with Crippen LogP contribution < -0.4 is 16.4 Å². The number of hydrogen-bond donors (Lipinski definition) is 2. The third-order valence-electron chi connectivity index (χ3n) is 2.79. The topological polar surface area (TPSA) is 85.2 Å². The van der Waals surface area contributed by atoms with E-state index in [2.05, 4.69) is 16.2 Å².